The minimum Gasteiger partial charge on any atom is -0.349 e. The van der Waals surface area contributed by atoms with Crippen LogP contribution < -0.4 is 9.62 Å². The highest BCUT2D eigenvalue weighted by atomic mass is 32.2. The molecule has 1 atom stereocenters. The fraction of sp³-hybridized carbons (Fsp3) is 0.389. The van der Waals surface area contributed by atoms with Crippen LogP contribution in [0.1, 0.15) is 32.6 Å². The van der Waals surface area contributed by atoms with Gasteiger partial charge in [0.25, 0.3) is 5.91 Å². The number of rotatable bonds is 5. The third kappa shape index (κ3) is 4.04. The van der Waals surface area contributed by atoms with E-state index in [-0.39, 0.29) is 11.9 Å². The van der Waals surface area contributed by atoms with Crippen LogP contribution in [0.15, 0.2) is 30.3 Å². The zero-order chi connectivity index (χ0) is 18.2. The molecule has 0 unspecified atom stereocenters. The van der Waals surface area contributed by atoms with Gasteiger partial charge in [0.05, 0.1) is 11.9 Å². The van der Waals surface area contributed by atoms with Crippen LogP contribution in [-0.2, 0) is 22.9 Å². The summed E-state index contributed by atoms with van der Waals surface area (Å²) in [4.78, 5) is 15.0. The van der Waals surface area contributed by atoms with Crippen molar-refractivity contribution in [3.63, 3.8) is 0 Å². The van der Waals surface area contributed by atoms with Crippen LogP contribution in [0.4, 0.5) is 5.69 Å². The number of carbonyl (C=O) groups is 1. The van der Waals surface area contributed by atoms with E-state index in [2.05, 4.69) is 24.4 Å². The van der Waals surface area contributed by atoms with Crippen LogP contribution in [0.2, 0.25) is 0 Å². The van der Waals surface area contributed by atoms with Gasteiger partial charge in [0, 0.05) is 34.3 Å². The van der Waals surface area contributed by atoms with Crippen molar-refractivity contribution in [2.45, 2.75) is 32.7 Å². The summed E-state index contributed by atoms with van der Waals surface area (Å²) in [5.74, 6) is -0.124. The number of sulfonamides is 1. The van der Waals surface area contributed by atoms with Gasteiger partial charge in [0.2, 0.25) is 10.0 Å². The second kappa shape index (κ2) is 6.80. The van der Waals surface area contributed by atoms with Crippen molar-refractivity contribution < 1.29 is 13.2 Å². The molecule has 0 aliphatic carbocycles. The van der Waals surface area contributed by atoms with E-state index in [1.54, 1.807) is 29.5 Å². The predicted molar refractivity (Wildman–Crippen MR) is 102 cm³/mol. The van der Waals surface area contributed by atoms with E-state index in [1.165, 1.54) is 20.3 Å². The molecule has 25 heavy (non-hydrogen) atoms. The minimum atomic E-state index is -3.27. The van der Waals surface area contributed by atoms with Gasteiger partial charge in [0.15, 0.2) is 0 Å². The van der Waals surface area contributed by atoms with E-state index >= 15 is 0 Å². The third-order valence-corrected chi connectivity index (χ3v) is 6.48. The summed E-state index contributed by atoms with van der Waals surface area (Å²) in [7, 11) is -3.27. The lowest BCUT2D eigenvalue weighted by Crippen LogP contribution is -2.34. The molecule has 1 N–H and O–H groups in total. The van der Waals surface area contributed by atoms with Gasteiger partial charge < -0.3 is 5.32 Å². The van der Waals surface area contributed by atoms with Crippen LogP contribution in [0.5, 0.6) is 0 Å². The number of nitrogens with zero attached hydrogens (tertiary/aromatic N) is 1. The van der Waals surface area contributed by atoms with Crippen molar-refractivity contribution >= 4 is 33.0 Å². The fourth-order valence-corrected chi connectivity index (χ4v) is 5.09. The van der Waals surface area contributed by atoms with Gasteiger partial charge in [-0.1, -0.05) is 0 Å². The molecule has 2 heterocycles. The van der Waals surface area contributed by atoms with Crippen molar-refractivity contribution in [2.75, 3.05) is 17.1 Å². The first-order valence-electron chi connectivity index (χ1n) is 8.21. The number of hydrogen-bond acceptors (Lipinski definition) is 4. The molecule has 1 aliphatic rings. The largest absolute Gasteiger partial charge is 0.349 e. The first-order chi connectivity index (χ1) is 11.7. The Kier molecular flexibility index (Phi) is 4.88. The molecular formula is C18H22N2O3S2. The smallest absolute Gasteiger partial charge is 0.251 e. The highest BCUT2D eigenvalue weighted by Gasteiger charge is 2.26. The maximum Gasteiger partial charge on any atom is 0.251 e. The summed E-state index contributed by atoms with van der Waals surface area (Å²) in [6.45, 7) is 4.50. The topological polar surface area (TPSA) is 66.5 Å². The second-order valence-corrected chi connectivity index (χ2v) is 9.80. The SMILES string of the molecule is Cc1ccc(C[C@@H](C)NC(=O)c2ccc3c(c2)CCN3S(C)(=O)=O)s1. The molecule has 0 spiro atoms. The molecule has 3 rings (SSSR count). The molecule has 7 heteroatoms. The Morgan fingerprint density at radius 2 is 2.08 bits per heavy atom. The van der Waals surface area contributed by atoms with E-state index in [0.29, 0.717) is 24.2 Å². The molecule has 1 aromatic carbocycles. The Hall–Kier alpha value is -1.86. The zero-order valence-corrected chi connectivity index (χ0v) is 16.2. The minimum absolute atomic E-state index is 0.0336. The highest BCUT2D eigenvalue weighted by Crippen LogP contribution is 2.30. The molecule has 0 radical (unpaired) electrons. The highest BCUT2D eigenvalue weighted by molar-refractivity contribution is 7.92. The molecule has 1 aromatic heterocycles. The Morgan fingerprint density at radius 3 is 2.72 bits per heavy atom. The van der Waals surface area contributed by atoms with E-state index in [9.17, 15) is 13.2 Å². The number of thiophene rings is 1. The quantitative estimate of drug-likeness (QED) is 0.870. The van der Waals surface area contributed by atoms with Crippen LogP contribution in [-0.4, -0.2) is 33.2 Å². The van der Waals surface area contributed by atoms with Crippen molar-refractivity contribution in [3.05, 3.63) is 51.2 Å². The summed E-state index contributed by atoms with van der Waals surface area (Å²) in [5, 5.41) is 3.02. The number of amides is 1. The molecule has 0 fully saturated rings. The van der Waals surface area contributed by atoms with Crippen LogP contribution in [0, 0.1) is 6.92 Å². The number of anilines is 1. The molecule has 2 aromatic rings. The van der Waals surface area contributed by atoms with Crippen molar-refractivity contribution in [1.29, 1.82) is 0 Å². The zero-order valence-electron chi connectivity index (χ0n) is 14.6. The van der Waals surface area contributed by atoms with E-state index in [1.807, 2.05) is 6.92 Å². The van der Waals surface area contributed by atoms with Gasteiger partial charge in [-0.15, -0.1) is 11.3 Å². The molecule has 1 aliphatic heterocycles. The maximum absolute atomic E-state index is 12.5. The Morgan fingerprint density at radius 1 is 1.32 bits per heavy atom. The third-order valence-electron chi connectivity index (χ3n) is 4.28. The van der Waals surface area contributed by atoms with E-state index in [0.717, 1.165) is 12.0 Å². The summed E-state index contributed by atoms with van der Waals surface area (Å²) in [5.41, 5.74) is 2.16. The summed E-state index contributed by atoms with van der Waals surface area (Å²) in [6, 6.07) is 9.44. The summed E-state index contributed by atoms with van der Waals surface area (Å²) >= 11 is 1.74. The molecule has 0 saturated carbocycles. The molecule has 0 saturated heterocycles. The van der Waals surface area contributed by atoms with Crippen LogP contribution in [0.25, 0.3) is 0 Å². The number of carbonyl (C=O) groups excluding carboxylic acids is 1. The molecule has 134 valence electrons. The lowest BCUT2D eigenvalue weighted by atomic mass is 10.1. The molecule has 1 amide bonds. The number of aryl methyl sites for hydroxylation is 1. The standard InChI is InChI=1S/C18H22N2O3S2/c1-12(10-16-6-4-13(2)24-16)19-18(21)15-5-7-17-14(11-15)8-9-20(17)25(3,22)23/h4-7,11-12H,8-10H2,1-3H3,(H,19,21)/t12-/m1/s1. The number of benzene rings is 1. The lowest BCUT2D eigenvalue weighted by molar-refractivity contribution is 0.0940. The predicted octanol–water partition coefficient (Wildman–Crippen LogP) is 2.74. The summed E-state index contributed by atoms with van der Waals surface area (Å²) in [6.07, 6.45) is 2.64. The van der Waals surface area contributed by atoms with Crippen molar-refractivity contribution in [2.24, 2.45) is 0 Å². The number of nitrogens with one attached hydrogen (secondary N) is 1. The number of fused-ring (bicyclic) bond motifs is 1. The lowest BCUT2D eigenvalue weighted by Gasteiger charge is -2.17. The van der Waals surface area contributed by atoms with Crippen LogP contribution >= 0.6 is 11.3 Å². The Balaban J connectivity index is 1.69. The first-order valence-corrected chi connectivity index (χ1v) is 10.9. The second-order valence-electron chi connectivity index (χ2n) is 6.52. The van der Waals surface area contributed by atoms with E-state index < -0.39 is 10.0 Å². The molecule has 5 nitrogen and oxygen atoms in total. The van der Waals surface area contributed by atoms with Gasteiger partial charge >= 0.3 is 0 Å². The number of hydrogen-bond donors (Lipinski definition) is 1. The van der Waals surface area contributed by atoms with Gasteiger partial charge in [-0.3, -0.25) is 9.10 Å². The normalized spacial score (nSPS) is 15.1. The van der Waals surface area contributed by atoms with Crippen LogP contribution in [0.3, 0.4) is 0 Å². The Labute approximate surface area is 152 Å². The molecular weight excluding hydrogens is 356 g/mol. The van der Waals surface area contributed by atoms with Gasteiger partial charge in [0.1, 0.15) is 0 Å². The van der Waals surface area contributed by atoms with Crippen molar-refractivity contribution in [3.8, 4) is 0 Å². The van der Waals surface area contributed by atoms with Gasteiger partial charge in [-0.2, -0.15) is 0 Å². The van der Waals surface area contributed by atoms with Gasteiger partial charge in [-0.25, -0.2) is 8.42 Å². The first kappa shape index (κ1) is 17.9. The average Bonchev–Trinajstić information content (AvgIpc) is 3.11. The monoisotopic (exact) mass is 378 g/mol. The van der Waals surface area contributed by atoms with Crippen molar-refractivity contribution in [1.82, 2.24) is 5.32 Å². The maximum atomic E-state index is 12.5. The summed E-state index contributed by atoms with van der Waals surface area (Å²) < 4.78 is 25.0. The average molecular weight is 379 g/mol. The van der Waals surface area contributed by atoms with Gasteiger partial charge in [-0.05, 0) is 56.2 Å². The Bertz CT molecular complexity index is 903. The fourth-order valence-electron chi connectivity index (χ4n) is 3.11. The van der Waals surface area contributed by atoms with E-state index in [4.69, 9.17) is 0 Å². The molecule has 0 bridgehead atoms.